The van der Waals surface area contributed by atoms with E-state index in [0.29, 0.717) is 5.56 Å². The number of benzene rings is 1. The first-order valence-corrected chi connectivity index (χ1v) is 6.16. The van der Waals surface area contributed by atoms with Crippen LogP contribution in [0.3, 0.4) is 0 Å². The molecule has 0 saturated heterocycles. The summed E-state index contributed by atoms with van der Waals surface area (Å²) in [6.07, 6.45) is 0.0839. The lowest BCUT2D eigenvalue weighted by Gasteiger charge is -2.18. The zero-order valence-electron chi connectivity index (χ0n) is 12.0. The molecule has 0 heterocycles. The summed E-state index contributed by atoms with van der Waals surface area (Å²) in [6.45, 7) is 8.94. The Balaban J connectivity index is 3.09. The Bertz CT molecular complexity index is 529. The number of nitrogens with zero attached hydrogens (tertiary/aromatic N) is 3. The van der Waals surface area contributed by atoms with E-state index in [2.05, 4.69) is 10.0 Å². The van der Waals surface area contributed by atoms with Gasteiger partial charge in [0.25, 0.3) is 0 Å². The van der Waals surface area contributed by atoms with E-state index in [0.717, 1.165) is 11.3 Å². The van der Waals surface area contributed by atoms with Gasteiger partial charge in [0, 0.05) is 10.5 Å². The first-order chi connectivity index (χ1) is 8.77. The minimum Gasteiger partial charge on any atom is -0.491 e. The van der Waals surface area contributed by atoms with Gasteiger partial charge in [-0.25, -0.2) is 0 Å². The second kappa shape index (κ2) is 5.76. The molecule has 0 atom stereocenters. The number of rotatable bonds is 5. The molecule has 0 radical (unpaired) electrons. The van der Waals surface area contributed by atoms with Gasteiger partial charge in [0.05, 0.1) is 6.10 Å². The van der Waals surface area contributed by atoms with Crippen LogP contribution in [0.1, 0.15) is 43.6 Å². The summed E-state index contributed by atoms with van der Waals surface area (Å²) in [6, 6.07) is 5.29. The normalized spacial score (nSPS) is 11.1. The van der Waals surface area contributed by atoms with Gasteiger partial charge < -0.3 is 4.74 Å². The maximum atomic E-state index is 12.3. The maximum absolute atomic E-state index is 12.3. The summed E-state index contributed by atoms with van der Waals surface area (Å²) in [5.74, 6) is 0.532. The highest BCUT2D eigenvalue weighted by atomic mass is 16.5. The Morgan fingerprint density at radius 2 is 2.05 bits per heavy atom. The fourth-order valence-electron chi connectivity index (χ4n) is 1.72. The summed E-state index contributed by atoms with van der Waals surface area (Å²) in [5.41, 5.74) is 8.77. The zero-order chi connectivity index (χ0) is 14.6. The second-order valence-corrected chi connectivity index (χ2v) is 5.22. The number of azide groups is 1. The molecule has 1 aromatic rings. The van der Waals surface area contributed by atoms with Gasteiger partial charge in [-0.2, -0.15) is 0 Å². The van der Waals surface area contributed by atoms with Crippen LogP contribution in [0.4, 0.5) is 0 Å². The van der Waals surface area contributed by atoms with Crippen molar-refractivity contribution < 1.29 is 9.53 Å². The number of carbonyl (C=O) groups excluding carboxylic acids is 1. The third-order valence-corrected chi connectivity index (χ3v) is 2.66. The van der Waals surface area contributed by atoms with E-state index in [1.165, 1.54) is 0 Å². The van der Waals surface area contributed by atoms with Crippen molar-refractivity contribution in [3.8, 4) is 5.75 Å². The van der Waals surface area contributed by atoms with E-state index in [4.69, 9.17) is 10.3 Å². The predicted molar refractivity (Wildman–Crippen MR) is 74.5 cm³/mol. The largest absolute Gasteiger partial charge is 0.491 e. The van der Waals surface area contributed by atoms with Gasteiger partial charge in [-0.1, -0.05) is 5.11 Å². The Hall–Kier alpha value is -2.00. The van der Waals surface area contributed by atoms with Crippen LogP contribution in [0.25, 0.3) is 10.4 Å². The van der Waals surface area contributed by atoms with Crippen LogP contribution in [-0.4, -0.2) is 17.4 Å². The average Bonchev–Trinajstić information content (AvgIpc) is 2.27. The molecule has 0 saturated carbocycles. The van der Waals surface area contributed by atoms with Crippen LogP contribution in [0.15, 0.2) is 23.3 Å². The molecule has 0 unspecified atom stereocenters. The van der Waals surface area contributed by atoms with Crippen molar-refractivity contribution in [2.45, 2.75) is 46.3 Å². The Morgan fingerprint density at radius 1 is 1.42 bits per heavy atom. The number of carbonyl (C=O) groups is 1. The van der Waals surface area contributed by atoms with Gasteiger partial charge in [-0.05, 0) is 63.9 Å². The van der Waals surface area contributed by atoms with E-state index in [-0.39, 0.29) is 11.9 Å². The minimum atomic E-state index is -1.08. The summed E-state index contributed by atoms with van der Waals surface area (Å²) in [5, 5.41) is 3.54. The van der Waals surface area contributed by atoms with E-state index >= 15 is 0 Å². The van der Waals surface area contributed by atoms with Crippen molar-refractivity contribution in [2.75, 3.05) is 0 Å². The summed E-state index contributed by atoms with van der Waals surface area (Å²) in [7, 11) is 0. The molecule has 5 nitrogen and oxygen atoms in total. The molecule has 5 heteroatoms. The lowest BCUT2D eigenvalue weighted by molar-refractivity contribution is 0.0913. The molecule has 0 N–H and O–H groups in total. The third-order valence-electron chi connectivity index (χ3n) is 2.66. The molecule has 19 heavy (non-hydrogen) atoms. The smallest absolute Gasteiger partial charge is 0.174 e. The molecule has 0 bridgehead atoms. The summed E-state index contributed by atoms with van der Waals surface area (Å²) >= 11 is 0. The van der Waals surface area contributed by atoms with Gasteiger partial charge in [-0.15, -0.1) is 0 Å². The molecule has 0 aliphatic carbocycles. The molecule has 0 fully saturated rings. The highest BCUT2D eigenvalue weighted by Crippen LogP contribution is 2.24. The highest BCUT2D eigenvalue weighted by Gasteiger charge is 2.28. The SMILES string of the molecule is Cc1cc(OC(C)C)ccc1C(=O)C(C)(C)N=[N+]=[N-]. The molecule has 0 amide bonds. The predicted octanol–water partition coefficient (Wildman–Crippen LogP) is 4.05. The molecule has 0 aromatic heterocycles. The van der Waals surface area contributed by atoms with Gasteiger partial charge in [-0.3, -0.25) is 4.79 Å². The van der Waals surface area contributed by atoms with Crippen molar-refractivity contribution >= 4 is 5.78 Å². The molecule has 0 aliphatic heterocycles. The van der Waals surface area contributed by atoms with Crippen LogP contribution < -0.4 is 4.74 Å². The minimum absolute atomic E-state index is 0.0839. The first-order valence-electron chi connectivity index (χ1n) is 6.16. The van der Waals surface area contributed by atoms with Gasteiger partial charge in [0.15, 0.2) is 5.78 Å². The van der Waals surface area contributed by atoms with Crippen molar-refractivity contribution in [3.05, 3.63) is 39.8 Å². The molecular formula is C14H19N3O2. The van der Waals surface area contributed by atoms with Crippen molar-refractivity contribution in [2.24, 2.45) is 5.11 Å². The van der Waals surface area contributed by atoms with E-state index < -0.39 is 5.54 Å². The van der Waals surface area contributed by atoms with Crippen LogP contribution in [-0.2, 0) is 0 Å². The molecule has 0 spiro atoms. The van der Waals surface area contributed by atoms with Crippen LogP contribution in [0.5, 0.6) is 5.75 Å². The average molecular weight is 261 g/mol. The van der Waals surface area contributed by atoms with E-state index in [1.807, 2.05) is 26.8 Å². The molecular weight excluding hydrogens is 242 g/mol. The number of aryl methyl sites for hydroxylation is 1. The Morgan fingerprint density at radius 3 is 2.53 bits per heavy atom. The van der Waals surface area contributed by atoms with E-state index in [9.17, 15) is 4.79 Å². The lowest BCUT2D eigenvalue weighted by atomic mass is 9.91. The van der Waals surface area contributed by atoms with Gasteiger partial charge in [0.2, 0.25) is 0 Å². The summed E-state index contributed by atoms with van der Waals surface area (Å²) < 4.78 is 5.57. The molecule has 0 aliphatic rings. The lowest BCUT2D eigenvalue weighted by Crippen LogP contribution is -2.29. The first kappa shape index (κ1) is 15.1. The maximum Gasteiger partial charge on any atom is 0.174 e. The number of ketones is 1. The zero-order valence-corrected chi connectivity index (χ0v) is 12.0. The number of hydrogen-bond acceptors (Lipinski definition) is 3. The topological polar surface area (TPSA) is 75.1 Å². The van der Waals surface area contributed by atoms with Crippen molar-refractivity contribution in [1.82, 2.24) is 0 Å². The third kappa shape index (κ3) is 3.73. The van der Waals surface area contributed by atoms with E-state index in [1.54, 1.807) is 26.0 Å². The Kier molecular flexibility index (Phi) is 4.57. The quantitative estimate of drug-likeness (QED) is 0.347. The van der Waals surface area contributed by atoms with Crippen LogP contribution in [0.2, 0.25) is 0 Å². The standard InChI is InChI=1S/C14H19N3O2/c1-9(2)19-11-6-7-12(10(3)8-11)13(18)14(4,5)16-17-15/h6-9H,1-5H3. The van der Waals surface area contributed by atoms with Crippen molar-refractivity contribution in [3.63, 3.8) is 0 Å². The molecule has 1 aromatic carbocycles. The number of hydrogen-bond donors (Lipinski definition) is 0. The number of Topliss-reactive ketones (excluding diaryl/α,β-unsaturated/α-hetero) is 1. The van der Waals surface area contributed by atoms with Gasteiger partial charge in [0.1, 0.15) is 11.3 Å². The van der Waals surface area contributed by atoms with Crippen molar-refractivity contribution in [1.29, 1.82) is 0 Å². The molecule has 1 rings (SSSR count). The Labute approximate surface area is 113 Å². The highest BCUT2D eigenvalue weighted by molar-refractivity contribution is 6.04. The molecule has 102 valence electrons. The number of ether oxygens (including phenoxy) is 1. The van der Waals surface area contributed by atoms with Gasteiger partial charge >= 0.3 is 0 Å². The monoisotopic (exact) mass is 261 g/mol. The second-order valence-electron chi connectivity index (χ2n) is 5.22. The fourth-order valence-corrected chi connectivity index (χ4v) is 1.72. The van der Waals surface area contributed by atoms with Crippen LogP contribution in [0, 0.1) is 6.92 Å². The fraction of sp³-hybridized carbons (Fsp3) is 0.500. The summed E-state index contributed by atoms with van der Waals surface area (Å²) in [4.78, 5) is 15.0. The van der Waals surface area contributed by atoms with Crippen LogP contribution >= 0.6 is 0 Å².